The molecule has 0 aromatic heterocycles. The fourth-order valence-corrected chi connectivity index (χ4v) is 1.55. The fraction of sp³-hybridized carbons (Fsp3) is 0.875. The summed E-state index contributed by atoms with van der Waals surface area (Å²) < 4.78 is 29.4. The minimum Gasteiger partial charge on any atom is -0.377 e. The van der Waals surface area contributed by atoms with Crippen molar-refractivity contribution in [2.45, 2.75) is 32.4 Å². The number of ether oxygens (including phenoxy) is 1. The van der Waals surface area contributed by atoms with E-state index in [4.69, 9.17) is 4.74 Å². The first kappa shape index (κ1) is 10.4. The van der Waals surface area contributed by atoms with E-state index in [9.17, 15) is 13.6 Å². The molecule has 76 valence electrons. The molecule has 1 amide bonds. The van der Waals surface area contributed by atoms with Crippen LogP contribution in [0.4, 0.5) is 8.78 Å². The molecule has 1 fully saturated rings. The maximum absolute atomic E-state index is 12.1. The van der Waals surface area contributed by atoms with E-state index in [0.717, 1.165) is 0 Å². The van der Waals surface area contributed by atoms with Gasteiger partial charge in [0.1, 0.15) is 0 Å². The standard InChI is InChI=1S/C8H13F2NO2/c1-5-3-13-4-6(2)11(5)8(12)7(9)10/h5-7H,3-4H2,1-2H3. The summed E-state index contributed by atoms with van der Waals surface area (Å²) in [7, 11) is 0. The van der Waals surface area contributed by atoms with Crippen molar-refractivity contribution < 1.29 is 18.3 Å². The molecule has 13 heavy (non-hydrogen) atoms. The van der Waals surface area contributed by atoms with E-state index in [1.165, 1.54) is 4.90 Å². The normalized spacial score (nSPS) is 29.5. The SMILES string of the molecule is CC1COCC(C)N1C(=O)C(F)F. The second-order valence-electron chi connectivity index (χ2n) is 3.28. The number of hydrogen-bond acceptors (Lipinski definition) is 2. The Kier molecular flexibility index (Phi) is 3.19. The highest BCUT2D eigenvalue weighted by molar-refractivity contribution is 5.80. The molecule has 1 aliphatic rings. The third-order valence-corrected chi connectivity index (χ3v) is 2.11. The molecule has 0 spiro atoms. The first-order valence-corrected chi connectivity index (χ1v) is 4.22. The molecule has 1 rings (SSSR count). The molecule has 1 saturated heterocycles. The van der Waals surface area contributed by atoms with Gasteiger partial charge in [-0.2, -0.15) is 8.78 Å². The monoisotopic (exact) mass is 193 g/mol. The molecule has 5 heteroatoms. The Balaban J connectivity index is 2.68. The second-order valence-corrected chi connectivity index (χ2v) is 3.28. The Morgan fingerprint density at radius 1 is 1.38 bits per heavy atom. The van der Waals surface area contributed by atoms with Crippen LogP contribution in [-0.4, -0.2) is 42.5 Å². The molecule has 1 heterocycles. The summed E-state index contributed by atoms with van der Waals surface area (Å²) in [4.78, 5) is 12.2. The molecular weight excluding hydrogens is 180 g/mol. The number of hydrogen-bond donors (Lipinski definition) is 0. The van der Waals surface area contributed by atoms with Crippen molar-refractivity contribution in [3.63, 3.8) is 0 Å². The van der Waals surface area contributed by atoms with E-state index in [1.54, 1.807) is 13.8 Å². The lowest BCUT2D eigenvalue weighted by atomic mass is 10.2. The van der Waals surface area contributed by atoms with Gasteiger partial charge >= 0.3 is 6.43 Å². The summed E-state index contributed by atoms with van der Waals surface area (Å²) in [5, 5.41) is 0. The molecule has 0 N–H and O–H groups in total. The Hall–Kier alpha value is -0.710. The van der Waals surface area contributed by atoms with Crippen molar-refractivity contribution in [3.8, 4) is 0 Å². The summed E-state index contributed by atoms with van der Waals surface area (Å²) in [6.07, 6.45) is -2.91. The third kappa shape index (κ3) is 2.15. The summed E-state index contributed by atoms with van der Waals surface area (Å²) in [5.74, 6) is -1.09. The van der Waals surface area contributed by atoms with E-state index >= 15 is 0 Å². The van der Waals surface area contributed by atoms with Crippen LogP contribution < -0.4 is 0 Å². The second kappa shape index (κ2) is 4.00. The van der Waals surface area contributed by atoms with Crippen LogP contribution in [0.2, 0.25) is 0 Å². The summed E-state index contributed by atoms with van der Waals surface area (Å²) in [6, 6.07) is -0.518. The van der Waals surface area contributed by atoms with Crippen molar-refractivity contribution in [2.75, 3.05) is 13.2 Å². The van der Waals surface area contributed by atoms with Crippen LogP contribution in [0, 0.1) is 0 Å². The number of carbonyl (C=O) groups is 1. The van der Waals surface area contributed by atoms with Crippen LogP contribution in [0.5, 0.6) is 0 Å². The fourth-order valence-electron chi connectivity index (χ4n) is 1.55. The first-order chi connectivity index (χ1) is 6.04. The first-order valence-electron chi connectivity index (χ1n) is 4.22. The molecule has 0 radical (unpaired) electrons. The Morgan fingerprint density at radius 3 is 2.23 bits per heavy atom. The number of morpholine rings is 1. The van der Waals surface area contributed by atoms with Gasteiger partial charge in [0.05, 0.1) is 25.3 Å². The van der Waals surface area contributed by atoms with E-state index in [2.05, 4.69) is 0 Å². The Morgan fingerprint density at radius 2 is 1.85 bits per heavy atom. The van der Waals surface area contributed by atoms with Gasteiger partial charge in [0.2, 0.25) is 0 Å². The van der Waals surface area contributed by atoms with Crippen LogP contribution >= 0.6 is 0 Å². The molecular formula is C8H13F2NO2. The average molecular weight is 193 g/mol. The van der Waals surface area contributed by atoms with Gasteiger partial charge in [-0.15, -0.1) is 0 Å². The predicted octanol–water partition coefficient (Wildman–Crippen LogP) is 0.887. The molecule has 0 saturated carbocycles. The lowest BCUT2D eigenvalue weighted by Gasteiger charge is -2.38. The Bertz CT molecular complexity index is 189. The molecule has 0 aromatic rings. The molecule has 0 aromatic carbocycles. The van der Waals surface area contributed by atoms with Crippen LogP contribution in [0.1, 0.15) is 13.8 Å². The molecule has 2 atom stereocenters. The number of halogens is 2. The molecule has 2 unspecified atom stereocenters. The average Bonchev–Trinajstić information content (AvgIpc) is 2.03. The van der Waals surface area contributed by atoms with Gasteiger partial charge < -0.3 is 9.64 Å². The zero-order valence-electron chi connectivity index (χ0n) is 7.67. The van der Waals surface area contributed by atoms with Crippen molar-refractivity contribution in [3.05, 3.63) is 0 Å². The largest absolute Gasteiger partial charge is 0.377 e. The maximum Gasteiger partial charge on any atom is 0.315 e. The summed E-state index contributed by atoms with van der Waals surface area (Å²) >= 11 is 0. The third-order valence-electron chi connectivity index (χ3n) is 2.11. The minimum atomic E-state index is -2.91. The Labute approximate surface area is 75.7 Å². The highest BCUT2D eigenvalue weighted by Gasteiger charge is 2.33. The highest BCUT2D eigenvalue weighted by Crippen LogP contribution is 2.15. The molecule has 1 aliphatic heterocycles. The van der Waals surface area contributed by atoms with Gasteiger partial charge in [0, 0.05) is 0 Å². The zero-order valence-corrected chi connectivity index (χ0v) is 7.67. The maximum atomic E-state index is 12.1. The van der Waals surface area contributed by atoms with Crippen LogP contribution in [-0.2, 0) is 9.53 Å². The molecule has 0 bridgehead atoms. The van der Waals surface area contributed by atoms with Crippen molar-refractivity contribution >= 4 is 5.91 Å². The summed E-state index contributed by atoms with van der Waals surface area (Å²) in [6.45, 7) is 4.08. The zero-order chi connectivity index (χ0) is 10.0. The van der Waals surface area contributed by atoms with Crippen molar-refractivity contribution in [2.24, 2.45) is 0 Å². The van der Waals surface area contributed by atoms with Gasteiger partial charge in [-0.25, -0.2) is 0 Å². The number of amides is 1. The van der Waals surface area contributed by atoms with Gasteiger partial charge in [0.15, 0.2) is 0 Å². The molecule has 3 nitrogen and oxygen atoms in total. The lowest BCUT2D eigenvalue weighted by Crippen LogP contribution is -2.54. The van der Waals surface area contributed by atoms with Gasteiger partial charge in [-0.3, -0.25) is 4.79 Å². The van der Waals surface area contributed by atoms with Crippen LogP contribution in [0.25, 0.3) is 0 Å². The molecule has 0 aliphatic carbocycles. The van der Waals surface area contributed by atoms with Crippen LogP contribution in [0.3, 0.4) is 0 Å². The van der Waals surface area contributed by atoms with E-state index in [1.807, 2.05) is 0 Å². The van der Waals surface area contributed by atoms with Crippen LogP contribution in [0.15, 0.2) is 0 Å². The van der Waals surface area contributed by atoms with Crippen molar-refractivity contribution in [1.82, 2.24) is 4.90 Å². The van der Waals surface area contributed by atoms with E-state index < -0.39 is 12.3 Å². The highest BCUT2D eigenvalue weighted by atomic mass is 19.3. The predicted molar refractivity (Wildman–Crippen MR) is 42.6 cm³/mol. The quantitative estimate of drug-likeness (QED) is 0.619. The number of rotatable bonds is 1. The van der Waals surface area contributed by atoms with Gasteiger partial charge in [0.25, 0.3) is 5.91 Å². The lowest BCUT2D eigenvalue weighted by molar-refractivity contribution is -0.155. The van der Waals surface area contributed by atoms with Gasteiger partial charge in [-0.1, -0.05) is 0 Å². The smallest absolute Gasteiger partial charge is 0.315 e. The van der Waals surface area contributed by atoms with E-state index in [-0.39, 0.29) is 12.1 Å². The minimum absolute atomic E-state index is 0.259. The van der Waals surface area contributed by atoms with Crippen molar-refractivity contribution in [1.29, 1.82) is 0 Å². The number of carbonyl (C=O) groups excluding carboxylic acids is 1. The van der Waals surface area contributed by atoms with Gasteiger partial charge in [-0.05, 0) is 13.8 Å². The summed E-state index contributed by atoms with van der Waals surface area (Å²) in [5.41, 5.74) is 0. The topological polar surface area (TPSA) is 29.5 Å². The van der Waals surface area contributed by atoms with E-state index in [0.29, 0.717) is 13.2 Å². The number of alkyl halides is 2. The number of nitrogens with zero attached hydrogens (tertiary/aromatic N) is 1.